The highest BCUT2D eigenvalue weighted by molar-refractivity contribution is 5.98. The smallest absolute Gasteiger partial charge is 0.293 e. The first-order valence-corrected chi connectivity index (χ1v) is 11.7. The summed E-state index contributed by atoms with van der Waals surface area (Å²) < 4.78 is 31.9. The average molecular weight is 508 g/mol. The van der Waals surface area contributed by atoms with Crippen LogP contribution < -0.4 is 10.6 Å². The first kappa shape index (κ1) is 32.1. The Morgan fingerprint density at radius 1 is 1.03 bits per heavy atom. The average Bonchev–Trinajstić information content (AvgIpc) is 3.35. The number of nitrogens with one attached hydrogen (secondary N) is 2. The second-order valence-electron chi connectivity index (χ2n) is 6.70. The number of carbonyl (C=O) groups excluding carboxylic acids is 3. The summed E-state index contributed by atoms with van der Waals surface area (Å²) in [6.07, 6.45) is 1.50. The quantitative estimate of drug-likeness (QED) is 0.461. The summed E-state index contributed by atoms with van der Waals surface area (Å²) >= 11 is 0. The van der Waals surface area contributed by atoms with Gasteiger partial charge in [-0.25, -0.2) is 18.3 Å². The normalized spacial score (nSPS) is 9.50. The third kappa shape index (κ3) is 10.2. The Morgan fingerprint density at radius 3 is 2.22 bits per heavy atom. The van der Waals surface area contributed by atoms with Crippen LogP contribution in [0.1, 0.15) is 75.0 Å². The van der Waals surface area contributed by atoms with Gasteiger partial charge in [0.1, 0.15) is 11.4 Å². The minimum atomic E-state index is -0.992. The SMILES string of the molecule is CC.CC.CC(C)OC=O.CCNC(=O)c1cc(C(=O)NCc2ccc(F)c(F)c2)nc2ccnn12. The Kier molecular flexibility index (Phi) is 15.6. The fourth-order valence-corrected chi connectivity index (χ4v) is 2.48. The van der Waals surface area contributed by atoms with Crippen molar-refractivity contribution in [2.75, 3.05) is 6.54 Å². The summed E-state index contributed by atoms with van der Waals surface area (Å²) in [5, 5.41) is 9.23. The van der Waals surface area contributed by atoms with Crippen LogP contribution in [0, 0.1) is 11.6 Å². The predicted octanol–water partition coefficient (Wildman–Crippen LogP) is 4.31. The Hall–Kier alpha value is -3.89. The van der Waals surface area contributed by atoms with Crippen molar-refractivity contribution < 1.29 is 27.9 Å². The number of benzene rings is 1. The molecule has 0 unspecified atom stereocenters. The molecule has 36 heavy (non-hydrogen) atoms. The second kappa shape index (κ2) is 17.5. The molecule has 0 spiro atoms. The van der Waals surface area contributed by atoms with Gasteiger partial charge in [0.05, 0.1) is 12.3 Å². The number of aromatic nitrogens is 3. The summed E-state index contributed by atoms with van der Waals surface area (Å²) in [5.74, 6) is -2.89. The molecule has 2 aromatic heterocycles. The van der Waals surface area contributed by atoms with Gasteiger partial charge in [-0.2, -0.15) is 5.10 Å². The number of hydrogen-bond donors (Lipinski definition) is 2. The van der Waals surface area contributed by atoms with E-state index < -0.39 is 23.4 Å². The van der Waals surface area contributed by atoms with Crippen LogP contribution in [0.3, 0.4) is 0 Å². The molecule has 2 heterocycles. The maximum Gasteiger partial charge on any atom is 0.293 e. The summed E-state index contributed by atoms with van der Waals surface area (Å²) in [6, 6.07) is 6.25. The molecule has 2 amide bonds. The number of carbonyl (C=O) groups is 3. The topological polar surface area (TPSA) is 115 Å². The van der Waals surface area contributed by atoms with Crippen LogP contribution >= 0.6 is 0 Å². The van der Waals surface area contributed by atoms with Crippen LogP contribution in [-0.2, 0) is 16.1 Å². The highest BCUT2D eigenvalue weighted by Crippen LogP contribution is 2.10. The van der Waals surface area contributed by atoms with Gasteiger partial charge in [0, 0.05) is 25.2 Å². The Morgan fingerprint density at radius 2 is 1.69 bits per heavy atom. The molecule has 0 fully saturated rings. The zero-order valence-corrected chi connectivity index (χ0v) is 21.8. The number of fused-ring (bicyclic) bond motifs is 1. The minimum Gasteiger partial charge on any atom is -0.465 e. The maximum atomic E-state index is 13.2. The largest absolute Gasteiger partial charge is 0.465 e. The molecule has 0 aliphatic heterocycles. The summed E-state index contributed by atoms with van der Waals surface area (Å²) in [4.78, 5) is 38.1. The first-order chi connectivity index (χ1) is 17.3. The lowest BCUT2D eigenvalue weighted by atomic mass is 10.2. The lowest BCUT2D eigenvalue weighted by molar-refractivity contribution is -0.131. The van der Waals surface area contributed by atoms with E-state index in [0.717, 1.165) is 12.1 Å². The van der Waals surface area contributed by atoms with Crippen molar-refractivity contribution in [3.63, 3.8) is 0 Å². The number of halogens is 2. The fraction of sp³-hybridized carbons (Fsp3) is 0.400. The molecule has 0 radical (unpaired) electrons. The molecule has 1 aromatic carbocycles. The van der Waals surface area contributed by atoms with E-state index in [2.05, 4.69) is 25.5 Å². The molecule has 11 heteroatoms. The molecule has 0 atom stereocenters. The molecule has 9 nitrogen and oxygen atoms in total. The number of ether oxygens (including phenoxy) is 1. The second-order valence-corrected chi connectivity index (χ2v) is 6.70. The lowest BCUT2D eigenvalue weighted by Crippen LogP contribution is -2.28. The number of hydrogen-bond acceptors (Lipinski definition) is 6. The first-order valence-electron chi connectivity index (χ1n) is 11.7. The molecular weight excluding hydrogens is 472 g/mol. The van der Waals surface area contributed by atoms with E-state index in [1.165, 1.54) is 22.8 Å². The molecule has 0 aliphatic carbocycles. The Bertz CT molecular complexity index is 1100. The van der Waals surface area contributed by atoms with Gasteiger partial charge < -0.3 is 15.4 Å². The van der Waals surface area contributed by atoms with Crippen molar-refractivity contribution in [1.82, 2.24) is 25.2 Å². The van der Waals surface area contributed by atoms with Crippen molar-refractivity contribution in [3.8, 4) is 0 Å². The van der Waals surface area contributed by atoms with Crippen molar-refractivity contribution in [2.24, 2.45) is 0 Å². The van der Waals surface area contributed by atoms with Crippen LogP contribution in [0.15, 0.2) is 36.5 Å². The van der Waals surface area contributed by atoms with Gasteiger partial charge in [0.2, 0.25) is 0 Å². The van der Waals surface area contributed by atoms with E-state index in [9.17, 15) is 23.2 Å². The third-order valence-electron chi connectivity index (χ3n) is 3.93. The molecule has 2 N–H and O–H groups in total. The summed E-state index contributed by atoms with van der Waals surface area (Å²) in [7, 11) is 0. The molecule has 198 valence electrons. The van der Waals surface area contributed by atoms with Crippen LogP contribution in [0.25, 0.3) is 5.65 Å². The molecule has 0 aliphatic rings. The lowest BCUT2D eigenvalue weighted by Gasteiger charge is -2.09. The van der Waals surface area contributed by atoms with Crippen LogP contribution in [0.4, 0.5) is 8.78 Å². The van der Waals surface area contributed by atoms with Crippen molar-refractivity contribution in [1.29, 1.82) is 0 Å². The summed E-state index contributed by atoms with van der Waals surface area (Å²) in [5.41, 5.74) is 0.917. The number of amides is 2. The Balaban J connectivity index is 0.00000106. The molecule has 3 rings (SSSR count). The maximum absolute atomic E-state index is 13.2. The number of rotatable bonds is 7. The molecule has 0 bridgehead atoms. The molecule has 3 aromatic rings. The van der Waals surface area contributed by atoms with Crippen LogP contribution in [0.5, 0.6) is 0 Å². The molecule has 0 saturated heterocycles. The zero-order chi connectivity index (χ0) is 27.7. The van der Waals surface area contributed by atoms with Gasteiger partial charge in [-0.3, -0.25) is 14.4 Å². The molecular formula is C25H35F2N5O4. The van der Waals surface area contributed by atoms with E-state index in [1.54, 1.807) is 26.8 Å². The van der Waals surface area contributed by atoms with Gasteiger partial charge in [-0.1, -0.05) is 33.8 Å². The van der Waals surface area contributed by atoms with E-state index in [-0.39, 0.29) is 24.0 Å². The highest BCUT2D eigenvalue weighted by atomic mass is 19.2. The Labute approximate surface area is 210 Å². The van der Waals surface area contributed by atoms with Gasteiger partial charge in [0.25, 0.3) is 18.3 Å². The van der Waals surface area contributed by atoms with Crippen molar-refractivity contribution >= 4 is 23.9 Å². The van der Waals surface area contributed by atoms with E-state index in [1.807, 2.05) is 27.7 Å². The van der Waals surface area contributed by atoms with Crippen LogP contribution in [0.2, 0.25) is 0 Å². The van der Waals surface area contributed by atoms with Crippen molar-refractivity contribution in [2.45, 2.75) is 61.1 Å². The summed E-state index contributed by atoms with van der Waals surface area (Å²) in [6.45, 7) is 14.2. The van der Waals surface area contributed by atoms with E-state index >= 15 is 0 Å². The fourth-order valence-electron chi connectivity index (χ4n) is 2.48. The van der Waals surface area contributed by atoms with Gasteiger partial charge in [0.15, 0.2) is 17.3 Å². The molecule has 0 saturated carbocycles. The van der Waals surface area contributed by atoms with E-state index in [0.29, 0.717) is 24.2 Å². The standard InChI is InChI=1S/C17H15F2N5O2.C4H8O2.2C2H6/c1-2-20-17(26)14-8-13(23-15-5-6-22-24(14)15)16(25)21-9-10-3-4-11(18)12(19)7-10;1-4(2)6-3-5;2*1-2/h3-8H,2,9H2,1H3,(H,20,26)(H,21,25);3-4H,1-2H3;2*1-2H3. The van der Waals surface area contributed by atoms with Gasteiger partial charge in [-0.05, 0) is 38.5 Å². The monoisotopic (exact) mass is 507 g/mol. The van der Waals surface area contributed by atoms with Crippen molar-refractivity contribution in [3.05, 3.63) is 65.1 Å². The zero-order valence-electron chi connectivity index (χ0n) is 21.8. The third-order valence-corrected chi connectivity index (χ3v) is 3.93. The van der Waals surface area contributed by atoms with Gasteiger partial charge in [-0.15, -0.1) is 0 Å². The highest BCUT2D eigenvalue weighted by Gasteiger charge is 2.17. The van der Waals surface area contributed by atoms with Crippen LogP contribution in [-0.4, -0.2) is 45.5 Å². The predicted molar refractivity (Wildman–Crippen MR) is 134 cm³/mol. The van der Waals surface area contributed by atoms with Gasteiger partial charge >= 0.3 is 0 Å². The minimum absolute atomic E-state index is 0.0152. The van der Waals surface area contributed by atoms with E-state index in [4.69, 9.17) is 0 Å². The number of nitrogens with zero attached hydrogens (tertiary/aromatic N) is 3.